The smallest absolute Gasteiger partial charge is 0.334 e. The van der Waals surface area contributed by atoms with Gasteiger partial charge < -0.3 is 14.5 Å². The zero-order valence-corrected chi connectivity index (χ0v) is 13.7. The van der Waals surface area contributed by atoms with E-state index >= 15 is 0 Å². The summed E-state index contributed by atoms with van der Waals surface area (Å²) >= 11 is 0. The molecule has 2 heterocycles. The molecule has 130 valence electrons. The van der Waals surface area contributed by atoms with Gasteiger partial charge in [0.2, 0.25) is 0 Å². The molecular weight excluding hydrogens is 331 g/mol. The first-order valence-electron chi connectivity index (χ1n) is 7.35. The van der Waals surface area contributed by atoms with Gasteiger partial charge in [0.25, 0.3) is 5.91 Å². The molecule has 2 aliphatic heterocycles. The Morgan fingerprint density at radius 3 is 2.40 bits per heavy atom. The number of ether oxygens (including phenoxy) is 1. The second-order valence-electron chi connectivity index (χ2n) is 5.68. The molecule has 1 fully saturated rings. The van der Waals surface area contributed by atoms with Crippen LogP contribution in [-0.2, 0) is 4.79 Å². The predicted octanol–water partition coefficient (Wildman–Crippen LogP) is 1.07. The van der Waals surface area contributed by atoms with E-state index in [-0.39, 0.29) is 36.9 Å². The van der Waals surface area contributed by atoms with Crippen molar-refractivity contribution in [2.24, 2.45) is 0 Å². The molecule has 0 bridgehead atoms. The van der Waals surface area contributed by atoms with Crippen molar-refractivity contribution < 1.29 is 23.5 Å². The number of terminal acetylenes is 1. The number of hydrogen-bond donors (Lipinski definition) is 0. The van der Waals surface area contributed by atoms with Crippen LogP contribution in [0.25, 0.3) is 0 Å². The number of rotatable bonds is 2. The number of fused-ring (bicyclic) bond motifs is 1. The molecule has 8 nitrogen and oxygen atoms in total. The van der Waals surface area contributed by atoms with Gasteiger partial charge >= 0.3 is 12.1 Å². The van der Waals surface area contributed by atoms with Gasteiger partial charge in [0.05, 0.1) is 24.6 Å². The number of imide groups is 1. The maximum Gasteiger partial charge on any atom is 0.334 e. The average molecular weight is 346 g/mol. The molecule has 1 saturated heterocycles. The molecule has 0 aliphatic carbocycles. The molecular formula is C16H15FN4O4. The molecule has 25 heavy (non-hydrogen) atoms. The summed E-state index contributed by atoms with van der Waals surface area (Å²) in [7, 11) is 2.98. The van der Waals surface area contributed by atoms with Gasteiger partial charge in [-0.3, -0.25) is 9.69 Å². The van der Waals surface area contributed by atoms with E-state index in [9.17, 15) is 18.8 Å². The highest BCUT2D eigenvalue weighted by molar-refractivity contribution is 6.15. The first kappa shape index (κ1) is 16.6. The number of amides is 5. The van der Waals surface area contributed by atoms with Crippen LogP contribution in [0, 0.1) is 18.2 Å². The molecule has 0 atom stereocenters. The summed E-state index contributed by atoms with van der Waals surface area (Å²) < 4.78 is 19.8. The van der Waals surface area contributed by atoms with Crippen molar-refractivity contribution in [3.8, 4) is 18.1 Å². The average Bonchev–Trinajstić information content (AvgIpc) is 2.57. The largest absolute Gasteiger partial charge is 0.481 e. The van der Waals surface area contributed by atoms with Crippen LogP contribution < -0.4 is 14.5 Å². The molecule has 3 rings (SSSR count). The monoisotopic (exact) mass is 346 g/mol. The highest BCUT2D eigenvalue weighted by atomic mass is 19.1. The third kappa shape index (κ3) is 2.61. The molecule has 9 heteroatoms. The Labute approximate surface area is 143 Å². The van der Waals surface area contributed by atoms with Crippen LogP contribution in [0.3, 0.4) is 0 Å². The zero-order valence-electron chi connectivity index (χ0n) is 13.7. The first-order valence-corrected chi connectivity index (χ1v) is 7.35. The highest BCUT2D eigenvalue weighted by Crippen LogP contribution is 2.38. The molecule has 5 amide bonds. The summed E-state index contributed by atoms with van der Waals surface area (Å²) in [6.07, 6.45) is 5.28. The van der Waals surface area contributed by atoms with Crippen molar-refractivity contribution in [2.75, 3.05) is 43.7 Å². The van der Waals surface area contributed by atoms with Crippen LogP contribution in [0.2, 0.25) is 0 Å². The van der Waals surface area contributed by atoms with E-state index < -0.39 is 23.8 Å². The van der Waals surface area contributed by atoms with Crippen molar-refractivity contribution in [2.45, 2.75) is 0 Å². The number of benzene rings is 1. The lowest BCUT2D eigenvalue weighted by Gasteiger charge is -2.38. The SMILES string of the molecule is C#CCN1C(=O)COc2cc(F)c(N3C(=O)N(C)CN(C)C3=O)cc21. The van der Waals surface area contributed by atoms with E-state index in [0.29, 0.717) is 4.90 Å². The van der Waals surface area contributed by atoms with Crippen LogP contribution in [0.5, 0.6) is 5.75 Å². The normalized spacial score (nSPS) is 17.4. The number of carbonyl (C=O) groups excluding carboxylic acids is 3. The molecule has 2 aliphatic rings. The fraction of sp³-hybridized carbons (Fsp3) is 0.312. The molecule has 0 saturated carbocycles. The summed E-state index contributed by atoms with van der Waals surface area (Å²) in [4.78, 5) is 41.2. The zero-order chi connectivity index (χ0) is 18.3. The maximum absolute atomic E-state index is 14.6. The van der Waals surface area contributed by atoms with E-state index in [2.05, 4.69) is 5.92 Å². The second kappa shape index (κ2) is 5.98. The lowest BCUT2D eigenvalue weighted by atomic mass is 10.1. The lowest BCUT2D eigenvalue weighted by molar-refractivity contribution is -0.121. The molecule has 1 aromatic rings. The van der Waals surface area contributed by atoms with E-state index in [0.717, 1.165) is 6.07 Å². The van der Waals surface area contributed by atoms with E-state index in [4.69, 9.17) is 11.2 Å². The van der Waals surface area contributed by atoms with Crippen LogP contribution >= 0.6 is 0 Å². The van der Waals surface area contributed by atoms with E-state index in [1.54, 1.807) is 0 Å². The predicted molar refractivity (Wildman–Crippen MR) is 86.7 cm³/mol. The fourth-order valence-electron chi connectivity index (χ4n) is 2.72. The molecule has 0 aromatic heterocycles. The van der Waals surface area contributed by atoms with Gasteiger partial charge in [-0.05, 0) is 6.07 Å². The molecule has 0 N–H and O–H groups in total. The van der Waals surface area contributed by atoms with Gasteiger partial charge in [0.1, 0.15) is 5.75 Å². The number of urea groups is 2. The third-order valence-electron chi connectivity index (χ3n) is 3.92. The number of carbonyl (C=O) groups is 3. The van der Waals surface area contributed by atoms with Gasteiger partial charge in [-0.25, -0.2) is 18.9 Å². The Bertz CT molecular complexity index is 799. The Balaban J connectivity index is 2.12. The minimum absolute atomic E-state index is 0.0397. The molecule has 0 radical (unpaired) electrons. The number of halogens is 1. The van der Waals surface area contributed by atoms with Crippen molar-refractivity contribution in [1.29, 1.82) is 0 Å². The van der Waals surface area contributed by atoms with Crippen LogP contribution in [0.1, 0.15) is 0 Å². The molecule has 1 aromatic carbocycles. The number of hydrogen-bond acceptors (Lipinski definition) is 4. The summed E-state index contributed by atoms with van der Waals surface area (Å²) in [5.41, 5.74) is -0.0606. The minimum Gasteiger partial charge on any atom is -0.481 e. The van der Waals surface area contributed by atoms with E-state index in [1.807, 2.05) is 0 Å². The topological polar surface area (TPSA) is 73.4 Å². The van der Waals surface area contributed by atoms with Gasteiger partial charge in [0.15, 0.2) is 12.4 Å². The minimum atomic E-state index is -0.820. The van der Waals surface area contributed by atoms with Crippen LogP contribution in [-0.4, -0.2) is 61.7 Å². The number of nitrogens with zero attached hydrogens (tertiary/aromatic N) is 4. The van der Waals surface area contributed by atoms with Crippen LogP contribution in [0.4, 0.5) is 25.4 Å². The first-order chi connectivity index (χ1) is 11.8. The summed E-state index contributed by atoms with van der Waals surface area (Å²) in [5, 5.41) is 0. The van der Waals surface area contributed by atoms with E-state index in [1.165, 1.54) is 34.9 Å². The van der Waals surface area contributed by atoms with Crippen molar-refractivity contribution in [3.63, 3.8) is 0 Å². The number of anilines is 2. The summed E-state index contributed by atoms with van der Waals surface area (Å²) in [5.74, 6) is 1.25. The second-order valence-corrected chi connectivity index (χ2v) is 5.68. The van der Waals surface area contributed by atoms with Crippen LogP contribution in [0.15, 0.2) is 12.1 Å². The van der Waals surface area contributed by atoms with Gasteiger partial charge in [-0.1, -0.05) is 5.92 Å². The van der Waals surface area contributed by atoms with Gasteiger partial charge in [0, 0.05) is 20.2 Å². The quantitative estimate of drug-likeness (QED) is 0.751. The lowest BCUT2D eigenvalue weighted by Crippen LogP contribution is -2.59. The fourth-order valence-corrected chi connectivity index (χ4v) is 2.72. The van der Waals surface area contributed by atoms with Gasteiger partial charge in [-0.2, -0.15) is 0 Å². The van der Waals surface area contributed by atoms with Crippen molar-refractivity contribution in [3.05, 3.63) is 17.9 Å². The van der Waals surface area contributed by atoms with Crippen molar-refractivity contribution >= 4 is 29.3 Å². The highest BCUT2D eigenvalue weighted by Gasteiger charge is 2.38. The Morgan fingerprint density at radius 1 is 1.16 bits per heavy atom. The Morgan fingerprint density at radius 2 is 1.80 bits per heavy atom. The standard InChI is InChI=1S/C16H15FN4O4/c1-4-5-20-12-7-11(10(17)6-13(12)25-8-14(20)22)21-15(23)18(2)9-19(3)16(21)24/h1,6-7H,5,8-9H2,2-3H3. The summed E-state index contributed by atoms with van der Waals surface area (Å²) in [6.45, 7) is -0.214. The molecule has 0 spiro atoms. The molecule has 0 unspecified atom stereocenters. The summed E-state index contributed by atoms with van der Waals surface area (Å²) in [6, 6.07) is 0.916. The Hall–Kier alpha value is -3.28. The van der Waals surface area contributed by atoms with Gasteiger partial charge in [-0.15, -0.1) is 6.42 Å². The maximum atomic E-state index is 14.6. The van der Waals surface area contributed by atoms with Crippen molar-refractivity contribution in [1.82, 2.24) is 9.80 Å². The third-order valence-corrected chi connectivity index (χ3v) is 3.92. The Kier molecular flexibility index (Phi) is 3.96.